The van der Waals surface area contributed by atoms with Crippen molar-refractivity contribution < 1.29 is 29.2 Å². The van der Waals surface area contributed by atoms with Crippen LogP contribution in [0.1, 0.15) is 42.1 Å². The number of hydrogen-bond acceptors (Lipinski definition) is 6. The predicted octanol–water partition coefficient (Wildman–Crippen LogP) is 2.04. The molecule has 1 aliphatic rings. The Balaban J connectivity index is 2.30. The van der Waals surface area contributed by atoms with Crippen LogP contribution in [0.25, 0.3) is 0 Å². The summed E-state index contributed by atoms with van der Waals surface area (Å²) in [4.78, 5) is 12.2. The summed E-state index contributed by atoms with van der Waals surface area (Å²) in [5, 5.41) is 20.1. The molecule has 2 atom stereocenters. The number of aliphatic hydroxyl groups excluding tert-OH is 1. The molecular weight excluding hydrogens is 288 g/mol. The fourth-order valence-electron chi connectivity index (χ4n) is 2.80. The Morgan fingerprint density at radius 1 is 1.41 bits per heavy atom. The fourth-order valence-corrected chi connectivity index (χ4v) is 2.80. The Hall–Kier alpha value is -1.95. The number of rotatable bonds is 6. The number of carbonyl (C=O) groups is 1. The van der Waals surface area contributed by atoms with Gasteiger partial charge in [0.15, 0.2) is 11.5 Å². The van der Waals surface area contributed by atoms with Crippen molar-refractivity contribution in [2.45, 2.75) is 44.8 Å². The average Bonchev–Trinajstić information content (AvgIpc) is 2.46. The number of carbonyl (C=O) groups excluding carboxylic acids is 1. The van der Waals surface area contributed by atoms with Gasteiger partial charge in [-0.25, -0.2) is 4.79 Å². The van der Waals surface area contributed by atoms with Crippen LogP contribution in [-0.4, -0.2) is 42.6 Å². The standard InChI is InChI=1S/C16H22O6/c1-4-5-10(17)8-11-6-9-7-12(20-2)15(21-3)14(18)13(9)16(19)22-11/h7,10-11,17-18H,4-6,8H2,1-3H3/t10-,11+/m0/s1. The summed E-state index contributed by atoms with van der Waals surface area (Å²) in [6, 6.07) is 1.67. The lowest BCUT2D eigenvalue weighted by Gasteiger charge is -2.27. The van der Waals surface area contributed by atoms with Gasteiger partial charge in [-0.2, -0.15) is 0 Å². The molecule has 1 heterocycles. The first kappa shape index (κ1) is 16.4. The van der Waals surface area contributed by atoms with E-state index in [4.69, 9.17) is 14.2 Å². The van der Waals surface area contributed by atoms with Crippen LogP contribution in [0.2, 0.25) is 0 Å². The molecule has 6 heteroatoms. The second kappa shape index (κ2) is 6.87. The molecule has 0 amide bonds. The second-order valence-corrected chi connectivity index (χ2v) is 5.40. The van der Waals surface area contributed by atoms with Crippen molar-refractivity contribution in [2.24, 2.45) is 0 Å². The first-order valence-corrected chi connectivity index (χ1v) is 7.37. The summed E-state index contributed by atoms with van der Waals surface area (Å²) in [5.74, 6) is -0.396. The number of fused-ring (bicyclic) bond motifs is 1. The molecule has 0 unspecified atom stereocenters. The molecular formula is C16H22O6. The normalized spacial score (nSPS) is 18.4. The Morgan fingerprint density at radius 2 is 2.14 bits per heavy atom. The zero-order valence-electron chi connectivity index (χ0n) is 13.1. The Morgan fingerprint density at radius 3 is 2.73 bits per heavy atom. The van der Waals surface area contributed by atoms with Crippen LogP contribution in [0, 0.1) is 0 Å². The van der Waals surface area contributed by atoms with Crippen molar-refractivity contribution >= 4 is 5.97 Å². The first-order valence-electron chi connectivity index (χ1n) is 7.37. The number of phenols is 1. The van der Waals surface area contributed by atoms with Gasteiger partial charge in [0.25, 0.3) is 0 Å². The lowest BCUT2D eigenvalue weighted by molar-refractivity contribution is 0.00871. The molecule has 0 aromatic heterocycles. The van der Waals surface area contributed by atoms with E-state index in [2.05, 4.69) is 0 Å². The molecule has 1 aromatic carbocycles. The number of phenolic OH excluding ortho intramolecular Hbond substituents is 1. The number of esters is 1. The number of methoxy groups -OCH3 is 2. The summed E-state index contributed by atoms with van der Waals surface area (Å²) in [7, 11) is 2.86. The minimum absolute atomic E-state index is 0.110. The lowest BCUT2D eigenvalue weighted by atomic mass is 9.93. The highest BCUT2D eigenvalue weighted by molar-refractivity contribution is 5.96. The van der Waals surface area contributed by atoms with E-state index in [9.17, 15) is 15.0 Å². The molecule has 0 spiro atoms. The summed E-state index contributed by atoms with van der Waals surface area (Å²) in [6.07, 6.45) is 1.43. The maximum absolute atomic E-state index is 12.2. The topological polar surface area (TPSA) is 85.2 Å². The highest BCUT2D eigenvalue weighted by atomic mass is 16.5. The summed E-state index contributed by atoms with van der Waals surface area (Å²) in [5.41, 5.74) is 0.749. The van der Waals surface area contributed by atoms with Crippen LogP contribution in [-0.2, 0) is 11.2 Å². The first-order chi connectivity index (χ1) is 10.5. The summed E-state index contributed by atoms with van der Waals surface area (Å²) < 4.78 is 15.6. The largest absolute Gasteiger partial charge is 0.504 e. The third-order valence-corrected chi connectivity index (χ3v) is 3.81. The number of aliphatic hydroxyl groups is 1. The number of cyclic esters (lactones) is 1. The van der Waals surface area contributed by atoms with Gasteiger partial charge in [-0.05, 0) is 18.1 Å². The molecule has 1 aromatic rings. The molecule has 0 fully saturated rings. The summed E-state index contributed by atoms with van der Waals surface area (Å²) in [6.45, 7) is 1.99. The maximum atomic E-state index is 12.2. The number of ether oxygens (including phenoxy) is 3. The maximum Gasteiger partial charge on any atom is 0.342 e. The predicted molar refractivity (Wildman–Crippen MR) is 79.7 cm³/mol. The molecule has 0 saturated heterocycles. The quantitative estimate of drug-likeness (QED) is 0.782. The zero-order valence-corrected chi connectivity index (χ0v) is 13.1. The second-order valence-electron chi connectivity index (χ2n) is 5.40. The molecule has 0 bridgehead atoms. The van der Waals surface area contributed by atoms with Gasteiger partial charge in [0.05, 0.1) is 20.3 Å². The van der Waals surface area contributed by atoms with E-state index in [0.29, 0.717) is 30.6 Å². The molecule has 2 rings (SSSR count). The van der Waals surface area contributed by atoms with Gasteiger partial charge in [-0.15, -0.1) is 0 Å². The van der Waals surface area contributed by atoms with E-state index >= 15 is 0 Å². The lowest BCUT2D eigenvalue weighted by Crippen LogP contribution is -2.31. The Bertz CT molecular complexity index is 554. The Kier molecular flexibility index (Phi) is 5.13. The van der Waals surface area contributed by atoms with E-state index < -0.39 is 18.2 Å². The fraction of sp³-hybridized carbons (Fsp3) is 0.562. The van der Waals surface area contributed by atoms with E-state index in [1.807, 2.05) is 6.92 Å². The highest BCUT2D eigenvalue weighted by Crippen LogP contribution is 2.43. The van der Waals surface area contributed by atoms with Crippen molar-refractivity contribution in [1.82, 2.24) is 0 Å². The molecule has 0 aliphatic carbocycles. The van der Waals surface area contributed by atoms with E-state index in [0.717, 1.165) is 6.42 Å². The van der Waals surface area contributed by atoms with Crippen molar-refractivity contribution in [3.63, 3.8) is 0 Å². The van der Waals surface area contributed by atoms with Crippen LogP contribution >= 0.6 is 0 Å². The third kappa shape index (κ3) is 3.11. The minimum atomic E-state index is -0.603. The minimum Gasteiger partial charge on any atom is -0.504 e. The van der Waals surface area contributed by atoms with Gasteiger partial charge in [-0.1, -0.05) is 13.3 Å². The van der Waals surface area contributed by atoms with Crippen LogP contribution in [0.15, 0.2) is 6.07 Å². The SMILES string of the molecule is CCC[C@H](O)C[C@H]1Cc2cc(OC)c(OC)c(O)c2C(=O)O1. The molecule has 0 radical (unpaired) electrons. The van der Waals surface area contributed by atoms with Crippen molar-refractivity contribution in [2.75, 3.05) is 14.2 Å². The Labute approximate surface area is 129 Å². The van der Waals surface area contributed by atoms with E-state index in [1.54, 1.807) is 6.07 Å². The van der Waals surface area contributed by atoms with Crippen molar-refractivity contribution in [3.8, 4) is 17.2 Å². The van der Waals surface area contributed by atoms with E-state index in [1.165, 1.54) is 14.2 Å². The van der Waals surface area contributed by atoms with Crippen LogP contribution in [0.3, 0.4) is 0 Å². The van der Waals surface area contributed by atoms with Gasteiger partial charge in [-0.3, -0.25) is 0 Å². The molecule has 1 aliphatic heterocycles. The van der Waals surface area contributed by atoms with Crippen molar-refractivity contribution in [1.29, 1.82) is 0 Å². The average molecular weight is 310 g/mol. The highest BCUT2D eigenvalue weighted by Gasteiger charge is 2.33. The number of aromatic hydroxyl groups is 1. The monoisotopic (exact) mass is 310 g/mol. The molecule has 0 saturated carbocycles. The molecule has 22 heavy (non-hydrogen) atoms. The zero-order chi connectivity index (χ0) is 16.3. The molecule has 122 valence electrons. The molecule has 2 N–H and O–H groups in total. The van der Waals surface area contributed by atoms with Crippen molar-refractivity contribution in [3.05, 3.63) is 17.2 Å². The summed E-state index contributed by atoms with van der Waals surface area (Å²) >= 11 is 0. The van der Waals surface area contributed by atoms with Gasteiger partial charge in [0.2, 0.25) is 5.75 Å². The van der Waals surface area contributed by atoms with Crippen LogP contribution in [0.5, 0.6) is 17.2 Å². The van der Waals surface area contributed by atoms with Crippen LogP contribution < -0.4 is 9.47 Å². The smallest absolute Gasteiger partial charge is 0.342 e. The number of benzene rings is 1. The molecule has 6 nitrogen and oxygen atoms in total. The number of hydrogen-bond donors (Lipinski definition) is 2. The van der Waals surface area contributed by atoms with Gasteiger partial charge in [0, 0.05) is 12.8 Å². The van der Waals surface area contributed by atoms with Gasteiger partial charge >= 0.3 is 5.97 Å². The van der Waals surface area contributed by atoms with Gasteiger partial charge in [0.1, 0.15) is 11.7 Å². The third-order valence-electron chi connectivity index (χ3n) is 3.81. The van der Waals surface area contributed by atoms with E-state index in [-0.39, 0.29) is 17.1 Å². The van der Waals surface area contributed by atoms with Crippen LogP contribution in [0.4, 0.5) is 0 Å². The van der Waals surface area contributed by atoms with Gasteiger partial charge < -0.3 is 24.4 Å².